The van der Waals surface area contributed by atoms with Crippen LogP contribution in [0.2, 0.25) is 0 Å². The van der Waals surface area contributed by atoms with Crippen LogP contribution in [0.1, 0.15) is 25.3 Å². The van der Waals surface area contributed by atoms with Gasteiger partial charge in [0.15, 0.2) is 11.5 Å². The van der Waals surface area contributed by atoms with E-state index in [-0.39, 0.29) is 6.79 Å². The van der Waals surface area contributed by atoms with Gasteiger partial charge < -0.3 is 14.6 Å². The second-order valence-corrected chi connectivity index (χ2v) is 3.80. The first-order valence-electron chi connectivity index (χ1n) is 5.34. The molecule has 0 radical (unpaired) electrons. The van der Waals surface area contributed by atoms with Crippen LogP contribution < -0.4 is 14.6 Å². The molecule has 3 heteroatoms. The maximum atomic E-state index is 11.5. The first-order chi connectivity index (χ1) is 7.29. The lowest BCUT2D eigenvalue weighted by Crippen LogP contribution is -2.27. The number of hydrogen-bond acceptors (Lipinski definition) is 3. The second-order valence-electron chi connectivity index (χ2n) is 3.80. The quantitative estimate of drug-likeness (QED) is 0.751. The van der Waals surface area contributed by atoms with Crippen molar-refractivity contribution in [3.8, 4) is 11.5 Å². The third-order valence-corrected chi connectivity index (χ3v) is 2.51. The van der Waals surface area contributed by atoms with Crippen LogP contribution in [0.5, 0.6) is 11.5 Å². The predicted octanol–water partition coefficient (Wildman–Crippen LogP) is 1.49. The summed E-state index contributed by atoms with van der Waals surface area (Å²) in [5, 5.41) is 11.5. The zero-order chi connectivity index (χ0) is 10.7. The molecule has 3 nitrogen and oxygen atoms in total. The second kappa shape index (κ2) is 4.53. The van der Waals surface area contributed by atoms with Crippen molar-refractivity contribution in [2.24, 2.45) is 0 Å². The molecule has 1 unspecified atom stereocenters. The Morgan fingerprint density at radius 2 is 2.13 bits per heavy atom. The van der Waals surface area contributed by atoms with Gasteiger partial charge in [-0.3, -0.25) is 0 Å². The molecule has 0 aliphatic carbocycles. The largest absolute Gasteiger partial charge is 0.852 e. The minimum atomic E-state index is -0.504. The lowest BCUT2D eigenvalue weighted by molar-refractivity contribution is -0.420. The van der Waals surface area contributed by atoms with E-state index in [1.54, 1.807) is 0 Å². The van der Waals surface area contributed by atoms with Crippen LogP contribution in [0.15, 0.2) is 18.2 Å². The van der Waals surface area contributed by atoms with Crippen LogP contribution in [0.25, 0.3) is 0 Å². The molecule has 1 aliphatic rings. The molecular weight excluding hydrogens is 192 g/mol. The molecule has 0 saturated carbocycles. The van der Waals surface area contributed by atoms with Crippen LogP contribution in [0, 0.1) is 0 Å². The molecule has 0 fully saturated rings. The molecule has 2 rings (SSSR count). The average molecular weight is 207 g/mol. The molecule has 1 atom stereocenters. The minimum Gasteiger partial charge on any atom is -0.852 e. The summed E-state index contributed by atoms with van der Waals surface area (Å²) < 4.78 is 10.5. The first kappa shape index (κ1) is 10.3. The Labute approximate surface area is 89.6 Å². The average Bonchev–Trinajstić information content (AvgIpc) is 2.65. The summed E-state index contributed by atoms with van der Waals surface area (Å²) in [6, 6.07) is 5.72. The van der Waals surface area contributed by atoms with Crippen molar-refractivity contribution in [3.05, 3.63) is 23.8 Å². The van der Waals surface area contributed by atoms with Crippen molar-refractivity contribution >= 4 is 0 Å². The Morgan fingerprint density at radius 3 is 2.93 bits per heavy atom. The molecule has 0 N–H and O–H groups in total. The van der Waals surface area contributed by atoms with E-state index in [2.05, 4.69) is 0 Å². The molecule has 1 heterocycles. The minimum absolute atomic E-state index is 0.286. The van der Waals surface area contributed by atoms with E-state index in [9.17, 15) is 5.11 Å². The molecule has 1 aromatic rings. The summed E-state index contributed by atoms with van der Waals surface area (Å²) in [5.41, 5.74) is 1.03. The Hall–Kier alpha value is -1.22. The van der Waals surface area contributed by atoms with E-state index in [0.29, 0.717) is 6.42 Å². The van der Waals surface area contributed by atoms with Gasteiger partial charge in [-0.2, -0.15) is 0 Å². The fourth-order valence-electron chi connectivity index (χ4n) is 1.75. The smallest absolute Gasteiger partial charge is 0.231 e. The van der Waals surface area contributed by atoms with Gasteiger partial charge in [0, 0.05) is 0 Å². The molecule has 0 saturated heterocycles. The highest BCUT2D eigenvalue weighted by Gasteiger charge is 2.12. The van der Waals surface area contributed by atoms with E-state index in [0.717, 1.165) is 29.9 Å². The zero-order valence-corrected chi connectivity index (χ0v) is 8.86. The highest BCUT2D eigenvalue weighted by molar-refractivity contribution is 5.44. The first-order valence-corrected chi connectivity index (χ1v) is 5.34. The third-order valence-electron chi connectivity index (χ3n) is 2.51. The van der Waals surface area contributed by atoms with Crippen molar-refractivity contribution in [2.75, 3.05) is 6.79 Å². The maximum absolute atomic E-state index is 11.5. The molecule has 82 valence electrons. The Kier molecular flexibility index (Phi) is 3.11. The molecule has 0 bridgehead atoms. The number of ether oxygens (including phenoxy) is 2. The summed E-state index contributed by atoms with van der Waals surface area (Å²) in [6.07, 6.45) is 1.74. The Morgan fingerprint density at radius 1 is 1.33 bits per heavy atom. The Balaban J connectivity index is 2.03. The van der Waals surface area contributed by atoms with Gasteiger partial charge >= 0.3 is 0 Å². The van der Waals surface area contributed by atoms with Crippen LogP contribution in [-0.2, 0) is 6.42 Å². The van der Waals surface area contributed by atoms with Crippen LogP contribution in [0.3, 0.4) is 0 Å². The van der Waals surface area contributed by atoms with Gasteiger partial charge in [-0.25, -0.2) is 0 Å². The van der Waals surface area contributed by atoms with Crippen LogP contribution in [-0.4, -0.2) is 12.9 Å². The van der Waals surface area contributed by atoms with Gasteiger partial charge in [0.2, 0.25) is 6.79 Å². The highest BCUT2D eigenvalue weighted by Crippen LogP contribution is 2.32. The summed E-state index contributed by atoms with van der Waals surface area (Å²) in [5.74, 6) is 1.54. The van der Waals surface area contributed by atoms with Crippen molar-refractivity contribution in [2.45, 2.75) is 32.3 Å². The fourth-order valence-corrected chi connectivity index (χ4v) is 1.75. The van der Waals surface area contributed by atoms with Crippen LogP contribution in [0.4, 0.5) is 0 Å². The maximum Gasteiger partial charge on any atom is 0.231 e. The van der Waals surface area contributed by atoms with Crippen molar-refractivity contribution in [1.29, 1.82) is 0 Å². The standard InChI is InChI=1S/C12H15O3/c1-2-3-10(13)6-9-4-5-11-12(7-9)15-8-14-11/h4-5,7,10H,2-3,6,8H2,1H3/q-1. The summed E-state index contributed by atoms with van der Waals surface area (Å²) in [7, 11) is 0. The highest BCUT2D eigenvalue weighted by atomic mass is 16.7. The normalized spacial score (nSPS) is 15.3. The van der Waals surface area contributed by atoms with Crippen molar-refractivity contribution in [1.82, 2.24) is 0 Å². The van der Waals surface area contributed by atoms with Gasteiger partial charge in [-0.15, -0.1) is 6.10 Å². The molecule has 1 aromatic carbocycles. The van der Waals surface area contributed by atoms with Gasteiger partial charge in [-0.05, 0) is 24.1 Å². The monoisotopic (exact) mass is 207 g/mol. The topological polar surface area (TPSA) is 41.5 Å². The van der Waals surface area contributed by atoms with Crippen molar-refractivity contribution in [3.63, 3.8) is 0 Å². The van der Waals surface area contributed by atoms with Crippen LogP contribution >= 0.6 is 0 Å². The summed E-state index contributed by atoms with van der Waals surface area (Å²) in [6.45, 7) is 2.32. The number of benzene rings is 1. The summed E-state index contributed by atoms with van der Waals surface area (Å²) >= 11 is 0. The molecule has 0 aromatic heterocycles. The SMILES string of the molecule is CCCC([O-])Cc1ccc2c(c1)OCO2. The number of rotatable bonds is 4. The Bertz CT molecular complexity index is 336. The van der Waals surface area contributed by atoms with E-state index >= 15 is 0 Å². The van der Waals surface area contributed by atoms with Gasteiger partial charge in [-0.1, -0.05) is 25.8 Å². The van der Waals surface area contributed by atoms with Gasteiger partial charge in [0.25, 0.3) is 0 Å². The predicted molar refractivity (Wildman–Crippen MR) is 55.0 cm³/mol. The van der Waals surface area contributed by atoms with Gasteiger partial charge in [0.1, 0.15) is 0 Å². The fraction of sp³-hybridized carbons (Fsp3) is 0.500. The number of hydrogen-bond donors (Lipinski definition) is 0. The zero-order valence-electron chi connectivity index (χ0n) is 8.86. The van der Waals surface area contributed by atoms with Crippen molar-refractivity contribution < 1.29 is 14.6 Å². The summed E-state index contributed by atoms with van der Waals surface area (Å²) in [4.78, 5) is 0. The van der Waals surface area contributed by atoms with E-state index in [1.807, 2.05) is 25.1 Å². The lowest BCUT2D eigenvalue weighted by atomic mass is 10.0. The third kappa shape index (κ3) is 2.42. The number of fused-ring (bicyclic) bond motifs is 1. The van der Waals surface area contributed by atoms with E-state index in [1.165, 1.54) is 0 Å². The van der Waals surface area contributed by atoms with Gasteiger partial charge in [0.05, 0.1) is 0 Å². The molecular formula is C12H15O3-. The lowest BCUT2D eigenvalue weighted by Gasteiger charge is -2.21. The molecule has 15 heavy (non-hydrogen) atoms. The molecule has 0 amide bonds. The van der Waals surface area contributed by atoms with E-state index < -0.39 is 6.10 Å². The molecule has 1 aliphatic heterocycles. The van der Waals surface area contributed by atoms with E-state index in [4.69, 9.17) is 9.47 Å². The molecule has 0 spiro atoms.